The van der Waals surface area contributed by atoms with E-state index in [9.17, 15) is 46.8 Å². The Balaban J connectivity index is 0.000000158. The van der Waals surface area contributed by atoms with Crippen molar-refractivity contribution in [3.63, 3.8) is 0 Å². The smallest absolute Gasteiger partial charge is 0.240 e. The minimum atomic E-state index is -4.20. The summed E-state index contributed by atoms with van der Waals surface area (Å²) >= 11 is 7.70. The molecule has 89 heavy (non-hydrogen) atoms. The Morgan fingerprint density at radius 2 is 0.787 bits per heavy atom. The fraction of sp³-hybridized carbons (Fsp3) is 0.211. The first-order chi connectivity index (χ1) is 41.5. The molecule has 0 bridgehead atoms. The van der Waals surface area contributed by atoms with E-state index in [2.05, 4.69) is 39.9 Å². The lowest BCUT2D eigenvalue weighted by Crippen LogP contribution is -2.15. The van der Waals surface area contributed by atoms with Crippen LogP contribution in [-0.4, -0.2) is 105 Å². The highest BCUT2D eigenvalue weighted by atomic mass is 35.5. The predicted octanol–water partition coefficient (Wildman–Crippen LogP) is 8.15. The average molecular weight is 1330 g/mol. The number of hydrogen-bond donors (Lipinski definition) is 3. The monoisotopic (exact) mass is 1330 g/mol. The van der Waals surface area contributed by atoms with E-state index in [1.54, 1.807) is 40.9 Å². The van der Waals surface area contributed by atoms with Crippen molar-refractivity contribution in [2.45, 2.75) is 79.9 Å². The summed E-state index contributed by atoms with van der Waals surface area (Å²) in [6.07, 6.45) is 7.90. The van der Waals surface area contributed by atoms with Crippen molar-refractivity contribution in [1.29, 1.82) is 0 Å². The molecule has 0 aliphatic rings. The molecule has 9 aromatic heterocycles. The molecule has 0 amide bonds. The van der Waals surface area contributed by atoms with E-state index >= 15 is 0 Å². The lowest BCUT2D eigenvalue weighted by Gasteiger charge is -2.11. The van der Waals surface area contributed by atoms with Gasteiger partial charge >= 0.3 is 0 Å². The SMILES string of the molecule is C.CSCc1nc2cnc3nc(C)ccc3c2n1Cc1ccc(S(N)(=O)=O)c(F)c1.Cc1ccc2c(ncc3nc(CCl)n(Cc4ccc(S(N)(=O)=O)c(F)c4)c32)n1.Cc1ccc2c(ncc3nc(CS(C)(=O)=O)n(Cc4ccc(S(N)(=O)=O)c(F)c4)c32)n1. The second-order valence-corrected chi connectivity index (χ2v) is 28.2. The largest absolute Gasteiger partial charge is 0.322 e. The second kappa shape index (κ2) is 25.4. The van der Waals surface area contributed by atoms with Gasteiger partial charge in [-0.3, -0.25) is 0 Å². The standard InChI is InChI=1S/C19H18FN5O4S2.C19H18FN5O2S2.C18H15ClFN5O2S.CH4/c1-11-3-5-13-18-15(8-22-19(13)23-11)24-17(10-30(2,26)27)25(18)9-12-4-6-16(14(20)7-12)31(21,28)29;1-11-3-5-13-18-15(8-22-19(13)23-11)24-17(10-28-2)25(18)9-12-4-6-16(14(20)7-12)29(21,26)27;1-10-2-4-12-17-14(8-22-18(12)23-10)24-16(7-19)25(17)9-11-3-5-15(13(20)6-11)28(21,26)27;/h3-8H,9-10H2,1-2H3,(H2,21,28,29);3-8H,9-10H2,1-2H3,(H2,21,26,27);2-6,8H,7,9H2,1H3,(H2,21,26,27);1H4. The highest BCUT2D eigenvalue weighted by molar-refractivity contribution is 7.97. The maximum atomic E-state index is 14.4. The molecule has 9 heterocycles. The summed E-state index contributed by atoms with van der Waals surface area (Å²) in [5, 5.41) is 17.4. The fourth-order valence-corrected chi connectivity index (χ4v) is 13.0. The van der Waals surface area contributed by atoms with Gasteiger partial charge in [0.15, 0.2) is 26.8 Å². The van der Waals surface area contributed by atoms with Gasteiger partial charge in [0.2, 0.25) is 30.1 Å². The number of halogens is 4. The quantitative estimate of drug-likeness (QED) is 0.0864. The maximum absolute atomic E-state index is 14.4. The topological polar surface area (TPSA) is 345 Å². The van der Waals surface area contributed by atoms with Crippen LogP contribution >= 0.6 is 23.4 Å². The number of primary sulfonamides is 3. The number of rotatable bonds is 14. The van der Waals surface area contributed by atoms with E-state index in [0.717, 1.165) is 80.7 Å². The molecule has 464 valence electrons. The van der Waals surface area contributed by atoms with Gasteiger partial charge in [0.25, 0.3) is 0 Å². The van der Waals surface area contributed by atoms with Gasteiger partial charge in [0, 0.05) is 59.1 Å². The lowest BCUT2D eigenvalue weighted by molar-refractivity contribution is 0.564. The van der Waals surface area contributed by atoms with Crippen molar-refractivity contribution in [2.24, 2.45) is 15.4 Å². The summed E-state index contributed by atoms with van der Waals surface area (Å²) in [4.78, 5) is 38.3. The van der Waals surface area contributed by atoms with E-state index in [1.165, 1.54) is 30.5 Å². The first-order valence-corrected chi connectivity index (χ1v) is 34.6. The number of pyridine rings is 6. The molecule has 0 spiro atoms. The summed E-state index contributed by atoms with van der Waals surface area (Å²) in [6.45, 7) is 6.22. The number of thioether (sulfide) groups is 1. The number of fused-ring (bicyclic) bond motifs is 9. The third kappa shape index (κ3) is 14.2. The minimum absolute atomic E-state index is 0. The van der Waals surface area contributed by atoms with Crippen LogP contribution in [0.25, 0.3) is 66.2 Å². The minimum Gasteiger partial charge on any atom is -0.322 e. The van der Waals surface area contributed by atoms with Crippen LogP contribution in [0.4, 0.5) is 13.2 Å². The van der Waals surface area contributed by atoms with Crippen molar-refractivity contribution in [3.05, 3.63) is 178 Å². The van der Waals surface area contributed by atoms with Gasteiger partial charge in [-0.1, -0.05) is 25.6 Å². The molecule has 0 atom stereocenters. The summed E-state index contributed by atoms with van der Waals surface area (Å²) in [6, 6.07) is 22.6. The maximum Gasteiger partial charge on any atom is 0.240 e. The van der Waals surface area contributed by atoms with Gasteiger partial charge in [-0.25, -0.2) is 107 Å². The molecule has 32 heteroatoms. The zero-order chi connectivity index (χ0) is 63.4. The Bertz CT molecular complexity index is 5290. The Labute approximate surface area is 517 Å². The molecular weight excluding hydrogens is 1280 g/mol. The van der Waals surface area contributed by atoms with Crippen molar-refractivity contribution in [2.75, 3.05) is 12.5 Å². The van der Waals surface area contributed by atoms with E-state index in [-0.39, 0.29) is 38.0 Å². The van der Waals surface area contributed by atoms with E-state index in [0.29, 0.717) is 73.7 Å². The van der Waals surface area contributed by atoms with Gasteiger partial charge < -0.3 is 13.7 Å². The average Bonchev–Trinajstić information content (AvgIpc) is 1.95. The molecule has 12 rings (SSSR count). The third-order valence-corrected chi connectivity index (χ3v) is 18.1. The van der Waals surface area contributed by atoms with Crippen LogP contribution in [0.1, 0.15) is 58.7 Å². The van der Waals surface area contributed by atoms with Gasteiger partial charge in [-0.05, 0) is 117 Å². The zero-order valence-corrected chi connectivity index (χ0v) is 51.9. The number of aryl methyl sites for hydroxylation is 3. The number of imidazole rings is 3. The first-order valence-electron chi connectivity index (χ1n) is 26.0. The zero-order valence-electron chi connectivity index (χ0n) is 47.1. The summed E-state index contributed by atoms with van der Waals surface area (Å²) in [5.74, 6) is -0.632. The van der Waals surface area contributed by atoms with Crippen LogP contribution in [0.2, 0.25) is 0 Å². The van der Waals surface area contributed by atoms with Crippen LogP contribution in [-0.2, 0) is 76.9 Å². The van der Waals surface area contributed by atoms with Crippen molar-refractivity contribution in [1.82, 2.24) is 58.6 Å². The molecular formula is C57H55ClF3N15O8S5. The number of alkyl halides is 1. The Hall–Kier alpha value is -8.14. The molecule has 23 nitrogen and oxygen atoms in total. The van der Waals surface area contributed by atoms with Gasteiger partial charge in [0.05, 0.1) is 46.8 Å². The number of benzene rings is 3. The van der Waals surface area contributed by atoms with Gasteiger partial charge in [-0.15, -0.1) is 11.6 Å². The Kier molecular flexibility index (Phi) is 18.6. The second-order valence-electron chi connectivity index (χ2n) is 20.4. The summed E-state index contributed by atoms with van der Waals surface area (Å²) in [5.41, 5.74) is 9.77. The number of nitrogens with two attached hydrogens (primary N) is 3. The van der Waals surface area contributed by atoms with Crippen molar-refractivity contribution >= 4 is 129 Å². The van der Waals surface area contributed by atoms with Crippen LogP contribution < -0.4 is 15.4 Å². The molecule has 12 aromatic rings. The number of sulfone groups is 1. The first kappa shape index (κ1) is 65.3. The van der Waals surface area contributed by atoms with Crippen LogP contribution in [0, 0.1) is 38.2 Å². The predicted molar refractivity (Wildman–Crippen MR) is 335 cm³/mol. The number of aromatic nitrogens is 12. The molecule has 0 fully saturated rings. The molecule has 6 N–H and O–H groups in total. The Morgan fingerprint density at radius 1 is 0.472 bits per heavy atom. The molecule has 3 aromatic carbocycles. The van der Waals surface area contributed by atoms with Crippen molar-refractivity contribution in [3.8, 4) is 0 Å². The van der Waals surface area contributed by atoms with E-state index in [4.69, 9.17) is 32.0 Å². The molecule has 0 saturated heterocycles. The van der Waals surface area contributed by atoms with Crippen LogP contribution in [0.5, 0.6) is 0 Å². The molecule has 0 radical (unpaired) electrons. The van der Waals surface area contributed by atoms with Crippen LogP contribution in [0.15, 0.2) is 124 Å². The highest BCUT2D eigenvalue weighted by Gasteiger charge is 2.23. The normalized spacial score (nSPS) is 12.2. The van der Waals surface area contributed by atoms with Gasteiger partial charge in [0.1, 0.15) is 71.9 Å². The molecule has 0 aliphatic carbocycles. The molecule has 0 unspecified atom stereocenters. The van der Waals surface area contributed by atoms with E-state index < -0.39 is 72.0 Å². The third-order valence-electron chi connectivity index (χ3n) is 13.7. The van der Waals surface area contributed by atoms with Crippen molar-refractivity contribution < 1.29 is 46.8 Å². The Morgan fingerprint density at radius 3 is 1.09 bits per heavy atom. The summed E-state index contributed by atoms with van der Waals surface area (Å²) < 4.78 is 141. The number of nitrogens with zero attached hydrogens (tertiary/aromatic N) is 12. The fourth-order valence-electron chi connectivity index (χ4n) is 9.89. The number of sulfonamides is 3. The lowest BCUT2D eigenvalue weighted by atomic mass is 10.2. The molecule has 0 aliphatic heterocycles. The number of hydrogen-bond acceptors (Lipinski definition) is 18. The van der Waals surface area contributed by atoms with Gasteiger partial charge in [-0.2, -0.15) is 11.8 Å². The highest BCUT2D eigenvalue weighted by Crippen LogP contribution is 2.31. The molecule has 0 saturated carbocycles. The van der Waals surface area contributed by atoms with E-state index in [1.807, 2.05) is 66.5 Å². The van der Waals surface area contributed by atoms with Crippen LogP contribution in [0.3, 0.4) is 0 Å². The summed E-state index contributed by atoms with van der Waals surface area (Å²) in [7, 11) is -15.9.